The minimum Gasteiger partial charge on any atom is -0.426 e. The van der Waals surface area contributed by atoms with Crippen LogP contribution in [0.25, 0.3) is 0 Å². The average Bonchev–Trinajstić information content (AvgIpc) is 2.95. The van der Waals surface area contributed by atoms with E-state index in [2.05, 4.69) is 0 Å². The zero-order chi connectivity index (χ0) is 19.7. The fraction of sp³-hybridized carbons (Fsp3) is 0.227. The Morgan fingerprint density at radius 2 is 1.64 bits per heavy atom. The van der Waals surface area contributed by atoms with E-state index in [-0.39, 0.29) is 30.1 Å². The number of anilines is 1. The number of ether oxygens (including phenoxy) is 1. The number of hydrogen-bond donors (Lipinski definition) is 0. The van der Waals surface area contributed by atoms with Crippen LogP contribution in [0.3, 0.4) is 0 Å². The fourth-order valence-corrected chi connectivity index (χ4v) is 3.80. The maximum Gasteiger partial charge on any atom is 0.315 e. The van der Waals surface area contributed by atoms with Gasteiger partial charge in [0, 0.05) is 11.1 Å². The van der Waals surface area contributed by atoms with Gasteiger partial charge in [0.25, 0.3) is 0 Å². The standard InChI is InChI=1S/C22H18ClNO4/c23-15-10-8-14(9-11-15)12-20(25)28-17-5-3-4-16(13-17)24-21(26)18-6-1-2-7-19(18)22(24)27/h1-5,8-11,13,18-19H,6-7,12H2. The summed E-state index contributed by atoms with van der Waals surface area (Å²) in [7, 11) is 0. The summed E-state index contributed by atoms with van der Waals surface area (Å²) >= 11 is 5.85. The summed E-state index contributed by atoms with van der Waals surface area (Å²) < 4.78 is 5.40. The molecule has 2 aromatic carbocycles. The van der Waals surface area contributed by atoms with E-state index in [4.69, 9.17) is 16.3 Å². The molecule has 1 aliphatic heterocycles. The number of esters is 1. The second-order valence-electron chi connectivity index (χ2n) is 6.94. The number of nitrogens with zero attached hydrogens (tertiary/aromatic N) is 1. The molecule has 0 radical (unpaired) electrons. The molecule has 0 N–H and O–H groups in total. The highest BCUT2D eigenvalue weighted by molar-refractivity contribution is 6.30. The molecule has 0 saturated carbocycles. The van der Waals surface area contributed by atoms with E-state index < -0.39 is 5.97 Å². The largest absolute Gasteiger partial charge is 0.426 e. The molecule has 1 aliphatic carbocycles. The summed E-state index contributed by atoms with van der Waals surface area (Å²) in [6, 6.07) is 13.5. The molecule has 142 valence electrons. The second-order valence-corrected chi connectivity index (χ2v) is 7.38. The zero-order valence-electron chi connectivity index (χ0n) is 15.0. The third-order valence-electron chi connectivity index (χ3n) is 5.08. The molecule has 0 bridgehead atoms. The third kappa shape index (κ3) is 3.58. The number of rotatable bonds is 4. The summed E-state index contributed by atoms with van der Waals surface area (Å²) in [4.78, 5) is 38.9. The van der Waals surface area contributed by atoms with Crippen LogP contribution < -0.4 is 9.64 Å². The Labute approximate surface area is 167 Å². The molecule has 2 aromatic rings. The Hall–Kier alpha value is -2.92. The maximum atomic E-state index is 12.7. The molecule has 0 spiro atoms. The summed E-state index contributed by atoms with van der Waals surface area (Å²) in [5.74, 6) is -1.11. The van der Waals surface area contributed by atoms with E-state index in [1.165, 1.54) is 4.90 Å². The van der Waals surface area contributed by atoms with Crippen molar-refractivity contribution >= 4 is 35.1 Å². The van der Waals surface area contributed by atoms with Gasteiger partial charge >= 0.3 is 5.97 Å². The molecular formula is C22H18ClNO4. The van der Waals surface area contributed by atoms with Gasteiger partial charge in [-0.1, -0.05) is 42.0 Å². The molecule has 0 aromatic heterocycles. The number of carbonyl (C=O) groups is 3. The van der Waals surface area contributed by atoms with Gasteiger partial charge in [-0.2, -0.15) is 0 Å². The number of carbonyl (C=O) groups excluding carboxylic acids is 3. The minimum absolute atomic E-state index is 0.0960. The van der Waals surface area contributed by atoms with Crippen molar-refractivity contribution in [2.24, 2.45) is 11.8 Å². The fourth-order valence-electron chi connectivity index (χ4n) is 3.68. The van der Waals surface area contributed by atoms with Crippen molar-refractivity contribution < 1.29 is 19.1 Å². The van der Waals surface area contributed by atoms with Gasteiger partial charge in [0.15, 0.2) is 0 Å². The van der Waals surface area contributed by atoms with Crippen LogP contribution in [0.5, 0.6) is 5.75 Å². The summed E-state index contributed by atoms with van der Waals surface area (Å²) in [5.41, 5.74) is 1.22. The number of fused-ring (bicyclic) bond motifs is 1. The van der Waals surface area contributed by atoms with Crippen LogP contribution in [0.4, 0.5) is 5.69 Å². The lowest BCUT2D eigenvalue weighted by Gasteiger charge is -2.15. The number of benzene rings is 2. The topological polar surface area (TPSA) is 63.7 Å². The predicted molar refractivity (Wildman–Crippen MR) is 105 cm³/mol. The molecule has 1 fully saturated rings. The molecule has 6 heteroatoms. The van der Waals surface area contributed by atoms with Crippen LogP contribution >= 0.6 is 11.6 Å². The Kier molecular flexibility index (Phi) is 5.01. The Balaban J connectivity index is 1.49. The number of allylic oxidation sites excluding steroid dienone is 2. The number of imide groups is 1. The highest BCUT2D eigenvalue weighted by Gasteiger charge is 2.47. The molecule has 1 saturated heterocycles. The lowest BCUT2D eigenvalue weighted by Crippen LogP contribution is -2.30. The van der Waals surface area contributed by atoms with Crippen molar-refractivity contribution in [1.29, 1.82) is 0 Å². The first-order chi connectivity index (χ1) is 13.5. The van der Waals surface area contributed by atoms with E-state index >= 15 is 0 Å². The first-order valence-corrected chi connectivity index (χ1v) is 9.49. The van der Waals surface area contributed by atoms with Gasteiger partial charge in [-0.05, 0) is 42.7 Å². The first kappa shape index (κ1) is 18.4. The molecule has 2 aliphatic rings. The molecule has 28 heavy (non-hydrogen) atoms. The second kappa shape index (κ2) is 7.60. The normalized spacial score (nSPS) is 21.0. The highest BCUT2D eigenvalue weighted by Crippen LogP contribution is 2.38. The van der Waals surface area contributed by atoms with Gasteiger partial charge < -0.3 is 4.74 Å². The molecule has 2 amide bonds. The van der Waals surface area contributed by atoms with Crippen LogP contribution in [-0.4, -0.2) is 17.8 Å². The Morgan fingerprint density at radius 3 is 2.29 bits per heavy atom. The molecular weight excluding hydrogens is 378 g/mol. The molecule has 2 unspecified atom stereocenters. The Bertz CT molecular complexity index is 941. The third-order valence-corrected chi connectivity index (χ3v) is 5.33. The predicted octanol–water partition coefficient (Wildman–Crippen LogP) is 3.94. The van der Waals surface area contributed by atoms with E-state index in [0.717, 1.165) is 5.56 Å². The van der Waals surface area contributed by atoms with Crippen LogP contribution in [0.15, 0.2) is 60.7 Å². The van der Waals surface area contributed by atoms with Gasteiger partial charge in [-0.3, -0.25) is 14.4 Å². The van der Waals surface area contributed by atoms with Gasteiger partial charge in [0.2, 0.25) is 11.8 Å². The zero-order valence-corrected chi connectivity index (χ0v) is 15.8. The number of hydrogen-bond acceptors (Lipinski definition) is 4. The summed E-state index contributed by atoms with van der Waals surface area (Å²) in [6.45, 7) is 0. The Morgan fingerprint density at radius 1 is 1.00 bits per heavy atom. The molecule has 4 rings (SSSR count). The van der Waals surface area contributed by atoms with Gasteiger partial charge in [0.1, 0.15) is 5.75 Å². The van der Waals surface area contributed by atoms with E-state index in [1.807, 2.05) is 12.2 Å². The van der Waals surface area contributed by atoms with Crippen molar-refractivity contribution in [3.63, 3.8) is 0 Å². The quantitative estimate of drug-likeness (QED) is 0.340. The SMILES string of the molecule is O=C(Cc1ccc(Cl)cc1)Oc1cccc(N2C(=O)C3CC=CCC3C2=O)c1. The average molecular weight is 396 g/mol. The van der Waals surface area contributed by atoms with Crippen molar-refractivity contribution in [1.82, 2.24) is 0 Å². The van der Waals surface area contributed by atoms with Crippen molar-refractivity contribution in [2.75, 3.05) is 4.90 Å². The number of halogens is 1. The minimum atomic E-state index is -0.434. The first-order valence-electron chi connectivity index (χ1n) is 9.11. The van der Waals surface area contributed by atoms with Crippen LogP contribution in [0.2, 0.25) is 5.02 Å². The van der Waals surface area contributed by atoms with Crippen LogP contribution in [-0.2, 0) is 20.8 Å². The van der Waals surface area contributed by atoms with E-state index in [9.17, 15) is 14.4 Å². The number of amides is 2. The maximum absolute atomic E-state index is 12.7. The smallest absolute Gasteiger partial charge is 0.315 e. The summed E-state index contributed by atoms with van der Waals surface area (Å²) in [6.07, 6.45) is 5.16. The van der Waals surface area contributed by atoms with Gasteiger partial charge in [-0.15, -0.1) is 0 Å². The molecule has 5 nitrogen and oxygen atoms in total. The lowest BCUT2D eigenvalue weighted by atomic mass is 9.85. The van der Waals surface area contributed by atoms with Crippen molar-refractivity contribution in [3.05, 3.63) is 71.3 Å². The van der Waals surface area contributed by atoms with Crippen LogP contribution in [0.1, 0.15) is 18.4 Å². The lowest BCUT2D eigenvalue weighted by molar-refractivity contribution is -0.133. The highest BCUT2D eigenvalue weighted by atomic mass is 35.5. The van der Waals surface area contributed by atoms with Gasteiger partial charge in [-0.25, -0.2) is 4.90 Å². The van der Waals surface area contributed by atoms with Crippen molar-refractivity contribution in [3.8, 4) is 5.75 Å². The van der Waals surface area contributed by atoms with Crippen LogP contribution in [0, 0.1) is 11.8 Å². The monoisotopic (exact) mass is 395 g/mol. The summed E-state index contributed by atoms with van der Waals surface area (Å²) in [5, 5.41) is 0.598. The van der Waals surface area contributed by atoms with Gasteiger partial charge in [0.05, 0.1) is 23.9 Å². The van der Waals surface area contributed by atoms with Crippen molar-refractivity contribution in [2.45, 2.75) is 19.3 Å². The van der Waals surface area contributed by atoms with E-state index in [0.29, 0.717) is 29.3 Å². The van der Waals surface area contributed by atoms with E-state index in [1.54, 1.807) is 48.5 Å². The molecule has 2 atom stereocenters. The molecule has 1 heterocycles.